The first kappa shape index (κ1) is 18.9. The van der Waals surface area contributed by atoms with E-state index in [2.05, 4.69) is 20.3 Å². The highest BCUT2D eigenvalue weighted by Gasteiger charge is 2.38. The predicted octanol–water partition coefficient (Wildman–Crippen LogP) is 4.07. The number of hydrogen-bond acceptors (Lipinski definition) is 5. The second-order valence-corrected chi connectivity index (χ2v) is 6.18. The van der Waals surface area contributed by atoms with Gasteiger partial charge in [-0.15, -0.1) is 35.8 Å². The average molecular weight is 384 g/mol. The maximum Gasteiger partial charge on any atom is 0.573 e. The van der Waals surface area contributed by atoms with E-state index in [0.29, 0.717) is 12.8 Å². The van der Waals surface area contributed by atoms with Crippen molar-refractivity contribution in [3.8, 4) is 16.3 Å². The van der Waals surface area contributed by atoms with E-state index < -0.39 is 12.0 Å². The molecule has 24 heavy (non-hydrogen) atoms. The lowest BCUT2D eigenvalue weighted by Gasteiger charge is -2.27. The number of nitrogens with one attached hydrogen (secondary N) is 1. The summed E-state index contributed by atoms with van der Waals surface area (Å²) in [6, 6.07) is 5.62. The molecule has 0 amide bonds. The molecular formula is C14H14ClF4N3OS. The van der Waals surface area contributed by atoms with Crippen LogP contribution in [0.3, 0.4) is 0 Å². The Morgan fingerprint density at radius 1 is 1.21 bits per heavy atom. The van der Waals surface area contributed by atoms with Crippen LogP contribution in [0.15, 0.2) is 24.3 Å². The van der Waals surface area contributed by atoms with Crippen LogP contribution in [-0.2, 0) is 5.67 Å². The highest BCUT2D eigenvalue weighted by atomic mass is 35.5. The molecular weight excluding hydrogens is 370 g/mol. The predicted molar refractivity (Wildman–Crippen MR) is 84.2 cm³/mol. The Kier molecular flexibility index (Phi) is 5.67. The van der Waals surface area contributed by atoms with Crippen molar-refractivity contribution in [2.75, 3.05) is 13.1 Å². The monoisotopic (exact) mass is 383 g/mol. The first-order valence-corrected chi connectivity index (χ1v) is 7.78. The fourth-order valence-corrected chi connectivity index (χ4v) is 3.40. The molecule has 2 aromatic rings. The van der Waals surface area contributed by atoms with Crippen LogP contribution in [0.5, 0.6) is 5.75 Å². The Morgan fingerprint density at radius 3 is 2.62 bits per heavy atom. The number of para-hydroxylation sites is 1. The average Bonchev–Trinajstić information content (AvgIpc) is 2.97. The summed E-state index contributed by atoms with van der Waals surface area (Å²) in [5.41, 5.74) is -1.49. The number of nitrogens with zero attached hydrogens (tertiary/aromatic N) is 2. The van der Waals surface area contributed by atoms with Crippen LogP contribution < -0.4 is 10.1 Å². The molecule has 0 bridgehead atoms. The van der Waals surface area contributed by atoms with Gasteiger partial charge in [-0.25, -0.2) is 4.39 Å². The zero-order valence-electron chi connectivity index (χ0n) is 12.3. The van der Waals surface area contributed by atoms with Crippen LogP contribution in [0, 0.1) is 0 Å². The van der Waals surface area contributed by atoms with E-state index in [4.69, 9.17) is 0 Å². The summed E-state index contributed by atoms with van der Waals surface area (Å²) in [5, 5.41) is 11.0. The molecule has 1 aromatic carbocycles. The molecule has 132 valence electrons. The van der Waals surface area contributed by atoms with Gasteiger partial charge in [-0.1, -0.05) is 23.5 Å². The van der Waals surface area contributed by atoms with Gasteiger partial charge in [0.1, 0.15) is 5.75 Å². The van der Waals surface area contributed by atoms with E-state index in [1.807, 2.05) is 0 Å². The minimum atomic E-state index is -4.81. The number of piperidine rings is 1. The molecule has 0 aliphatic carbocycles. The third-order valence-electron chi connectivity index (χ3n) is 3.48. The van der Waals surface area contributed by atoms with Crippen molar-refractivity contribution in [2.45, 2.75) is 24.9 Å². The van der Waals surface area contributed by atoms with Crippen LogP contribution in [0.1, 0.15) is 17.8 Å². The second-order valence-electron chi connectivity index (χ2n) is 5.20. The summed E-state index contributed by atoms with van der Waals surface area (Å²) in [4.78, 5) is 0. The van der Waals surface area contributed by atoms with E-state index in [0.717, 1.165) is 17.9 Å². The molecule has 1 saturated heterocycles. The molecule has 10 heteroatoms. The van der Waals surface area contributed by atoms with E-state index >= 15 is 0 Å². The lowest BCUT2D eigenvalue weighted by atomic mass is 9.97. The first-order valence-electron chi connectivity index (χ1n) is 6.96. The van der Waals surface area contributed by atoms with Crippen molar-refractivity contribution in [3.05, 3.63) is 29.3 Å². The van der Waals surface area contributed by atoms with Gasteiger partial charge in [-0.3, -0.25) is 0 Å². The number of halogens is 5. The normalized spacial score (nSPS) is 21.2. The van der Waals surface area contributed by atoms with Gasteiger partial charge in [0.15, 0.2) is 15.7 Å². The maximum atomic E-state index is 14.8. The van der Waals surface area contributed by atoms with Crippen molar-refractivity contribution >= 4 is 23.7 Å². The SMILES string of the molecule is Cl.FC(F)(F)Oc1ccccc1-c1nnc(C2(F)CCCNC2)s1. The summed E-state index contributed by atoms with van der Waals surface area (Å²) < 4.78 is 56.3. The third kappa shape index (κ3) is 4.14. The summed E-state index contributed by atoms with van der Waals surface area (Å²) in [5.74, 6) is -0.377. The Labute approximate surface area is 145 Å². The van der Waals surface area contributed by atoms with Gasteiger partial charge in [0.05, 0.1) is 5.56 Å². The molecule has 1 unspecified atom stereocenters. The summed E-state index contributed by atoms with van der Waals surface area (Å²) in [6.07, 6.45) is -3.83. The molecule has 1 N–H and O–H groups in total. The Balaban J connectivity index is 0.00000208. The van der Waals surface area contributed by atoms with E-state index in [-0.39, 0.29) is 40.3 Å². The van der Waals surface area contributed by atoms with Gasteiger partial charge < -0.3 is 10.1 Å². The van der Waals surface area contributed by atoms with Gasteiger partial charge in [0.2, 0.25) is 0 Å². The van der Waals surface area contributed by atoms with Crippen molar-refractivity contribution < 1.29 is 22.3 Å². The van der Waals surface area contributed by atoms with Gasteiger partial charge in [-0.05, 0) is 31.5 Å². The maximum absolute atomic E-state index is 14.8. The van der Waals surface area contributed by atoms with Crippen LogP contribution >= 0.6 is 23.7 Å². The standard InChI is InChI=1S/C14H13F4N3OS.ClH/c15-13(6-3-7-19-8-13)12-21-20-11(23-12)9-4-1-2-5-10(9)22-14(16,17)18;/h1-2,4-5,19H,3,6-8H2;1H. The summed E-state index contributed by atoms with van der Waals surface area (Å²) >= 11 is 0.947. The van der Waals surface area contributed by atoms with Crippen molar-refractivity contribution in [3.63, 3.8) is 0 Å². The largest absolute Gasteiger partial charge is 0.573 e. The second kappa shape index (κ2) is 7.20. The van der Waals surface area contributed by atoms with E-state index in [9.17, 15) is 17.6 Å². The Morgan fingerprint density at radius 2 is 1.96 bits per heavy atom. The summed E-state index contributed by atoms with van der Waals surface area (Å²) in [7, 11) is 0. The Hall–Kier alpha value is -1.45. The molecule has 1 aliphatic rings. The number of hydrogen-bond donors (Lipinski definition) is 1. The van der Waals surface area contributed by atoms with Crippen molar-refractivity contribution in [1.82, 2.24) is 15.5 Å². The summed E-state index contributed by atoms with van der Waals surface area (Å²) in [6.45, 7) is 0.863. The molecule has 1 fully saturated rings. The number of aromatic nitrogens is 2. The molecule has 1 aromatic heterocycles. The lowest BCUT2D eigenvalue weighted by molar-refractivity contribution is -0.274. The topological polar surface area (TPSA) is 47.0 Å². The smallest absolute Gasteiger partial charge is 0.405 e. The van der Waals surface area contributed by atoms with Crippen LogP contribution in [-0.4, -0.2) is 29.6 Å². The number of benzene rings is 1. The van der Waals surface area contributed by atoms with Gasteiger partial charge in [0, 0.05) is 6.54 Å². The van der Waals surface area contributed by atoms with Gasteiger partial charge in [-0.2, -0.15) is 0 Å². The number of rotatable bonds is 3. The number of alkyl halides is 4. The molecule has 0 saturated carbocycles. The van der Waals surface area contributed by atoms with Gasteiger partial charge >= 0.3 is 6.36 Å². The van der Waals surface area contributed by atoms with Crippen molar-refractivity contribution in [2.24, 2.45) is 0 Å². The highest BCUT2D eigenvalue weighted by Crippen LogP contribution is 2.40. The molecule has 3 rings (SSSR count). The Bertz CT molecular complexity index is 689. The quantitative estimate of drug-likeness (QED) is 0.811. The molecule has 0 radical (unpaired) electrons. The molecule has 1 aliphatic heterocycles. The highest BCUT2D eigenvalue weighted by molar-refractivity contribution is 7.14. The van der Waals surface area contributed by atoms with Crippen LogP contribution in [0.4, 0.5) is 17.6 Å². The lowest BCUT2D eigenvalue weighted by Crippen LogP contribution is -2.40. The minimum Gasteiger partial charge on any atom is -0.405 e. The minimum absolute atomic E-state index is 0. The molecule has 2 heterocycles. The van der Waals surface area contributed by atoms with Crippen molar-refractivity contribution in [1.29, 1.82) is 0 Å². The molecule has 0 spiro atoms. The van der Waals surface area contributed by atoms with E-state index in [1.165, 1.54) is 18.2 Å². The van der Waals surface area contributed by atoms with Crippen LogP contribution in [0.2, 0.25) is 0 Å². The fraction of sp³-hybridized carbons (Fsp3) is 0.429. The zero-order chi connectivity index (χ0) is 16.5. The molecule has 4 nitrogen and oxygen atoms in total. The molecule has 1 atom stereocenters. The first-order chi connectivity index (χ1) is 10.9. The fourth-order valence-electron chi connectivity index (χ4n) is 2.42. The van der Waals surface area contributed by atoms with Gasteiger partial charge in [0.25, 0.3) is 0 Å². The third-order valence-corrected chi connectivity index (χ3v) is 4.62. The number of ether oxygens (including phenoxy) is 1. The zero-order valence-corrected chi connectivity index (χ0v) is 13.9. The van der Waals surface area contributed by atoms with E-state index in [1.54, 1.807) is 6.07 Å². The van der Waals surface area contributed by atoms with Crippen LogP contribution in [0.25, 0.3) is 10.6 Å².